The summed E-state index contributed by atoms with van der Waals surface area (Å²) in [6.45, 7) is 13.9. The summed E-state index contributed by atoms with van der Waals surface area (Å²) < 4.78 is 67.9. The Kier molecular flexibility index (Phi) is 52.0. The fourth-order valence-electron chi connectivity index (χ4n) is 9.22. The molecule has 0 aromatic carbocycles. The Morgan fingerprint density at radius 1 is 0.341 bits per heavy atom. The maximum Gasteiger partial charge on any atom is 0.472 e. The molecule has 19 heteroatoms. The lowest BCUT2D eigenvalue weighted by Crippen LogP contribution is -2.30. The summed E-state index contributed by atoms with van der Waals surface area (Å²) in [7, 11) is -9.89. The molecule has 3 N–H and O–H groups in total. The molecule has 0 spiro atoms. The highest BCUT2D eigenvalue weighted by Crippen LogP contribution is 2.45. The first-order valence-corrected chi connectivity index (χ1v) is 35.7. The number of hydrogen-bond donors (Lipinski definition) is 3. The van der Waals surface area contributed by atoms with Crippen LogP contribution in [-0.2, 0) is 65.4 Å². The van der Waals surface area contributed by atoms with Gasteiger partial charge in [-0.3, -0.25) is 37.3 Å². The largest absolute Gasteiger partial charge is 0.472 e. The minimum Gasteiger partial charge on any atom is -0.462 e. The van der Waals surface area contributed by atoms with E-state index < -0.39 is 97.5 Å². The first kappa shape index (κ1) is 80.1. The van der Waals surface area contributed by atoms with Crippen molar-refractivity contribution in [1.82, 2.24) is 0 Å². The Morgan fingerprint density at radius 3 is 0.866 bits per heavy atom. The fourth-order valence-corrected chi connectivity index (χ4v) is 10.8. The van der Waals surface area contributed by atoms with E-state index in [4.69, 9.17) is 37.0 Å². The summed E-state index contributed by atoms with van der Waals surface area (Å²) >= 11 is 0. The maximum absolute atomic E-state index is 13.0. The molecule has 82 heavy (non-hydrogen) atoms. The Labute approximate surface area is 498 Å². The van der Waals surface area contributed by atoms with E-state index in [0.717, 1.165) is 115 Å². The highest BCUT2D eigenvalue weighted by molar-refractivity contribution is 7.47. The predicted molar refractivity (Wildman–Crippen MR) is 326 cm³/mol. The molecule has 0 radical (unpaired) electrons. The van der Waals surface area contributed by atoms with Gasteiger partial charge < -0.3 is 33.8 Å². The monoisotopic (exact) mass is 1210 g/mol. The van der Waals surface area contributed by atoms with E-state index in [1.54, 1.807) is 0 Å². The number of aliphatic hydroxyl groups excluding tert-OH is 1. The van der Waals surface area contributed by atoms with E-state index in [-0.39, 0.29) is 25.7 Å². The highest BCUT2D eigenvalue weighted by Gasteiger charge is 2.30. The van der Waals surface area contributed by atoms with Crippen LogP contribution < -0.4 is 0 Å². The Balaban J connectivity index is 5.25. The second kappa shape index (κ2) is 53.3. The van der Waals surface area contributed by atoms with Crippen LogP contribution in [0.15, 0.2) is 0 Å². The van der Waals surface area contributed by atoms with Crippen LogP contribution in [0.5, 0.6) is 0 Å². The average molecular weight is 1210 g/mol. The van der Waals surface area contributed by atoms with Crippen molar-refractivity contribution in [1.29, 1.82) is 0 Å². The Bertz CT molecular complexity index is 1650. The van der Waals surface area contributed by atoms with Crippen LogP contribution in [0.4, 0.5) is 0 Å². The third-order valence-corrected chi connectivity index (χ3v) is 16.6. The number of rotatable bonds is 60. The number of esters is 4. The molecule has 0 saturated heterocycles. The zero-order valence-corrected chi connectivity index (χ0v) is 54.9. The number of hydrogen-bond acceptors (Lipinski definition) is 15. The van der Waals surface area contributed by atoms with Gasteiger partial charge >= 0.3 is 39.5 Å². The van der Waals surface area contributed by atoms with Crippen molar-refractivity contribution in [2.45, 2.75) is 318 Å². The smallest absolute Gasteiger partial charge is 0.462 e. The van der Waals surface area contributed by atoms with Gasteiger partial charge in [0.05, 0.1) is 26.4 Å². The normalized spacial score (nSPS) is 14.8. The van der Waals surface area contributed by atoms with E-state index in [0.29, 0.717) is 37.5 Å². The Morgan fingerprint density at radius 2 is 0.585 bits per heavy atom. The van der Waals surface area contributed by atoms with Crippen LogP contribution in [0.3, 0.4) is 0 Å². The lowest BCUT2D eigenvalue weighted by molar-refractivity contribution is -0.161. The number of aliphatic hydroxyl groups is 1. The lowest BCUT2D eigenvalue weighted by Gasteiger charge is -2.21. The first-order chi connectivity index (χ1) is 39.1. The molecule has 17 nitrogen and oxygen atoms in total. The number of carbonyl (C=O) groups excluding carboxylic acids is 4. The van der Waals surface area contributed by atoms with Crippen molar-refractivity contribution < 1.29 is 80.2 Å². The topological polar surface area (TPSA) is 237 Å². The summed E-state index contributed by atoms with van der Waals surface area (Å²) in [5.74, 6) is 0.720. The van der Waals surface area contributed by atoms with Crippen molar-refractivity contribution in [3.63, 3.8) is 0 Å². The summed E-state index contributed by atoms with van der Waals surface area (Å²) in [6.07, 6.45) is 32.3. The molecule has 0 fully saturated rings. The highest BCUT2D eigenvalue weighted by atomic mass is 31.2. The van der Waals surface area contributed by atoms with Crippen molar-refractivity contribution in [3.05, 3.63) is 0 Å². The molecule has 0 aliphatic heterocycles. The van der Waals surface area contributed by atoms with Gasteiger partial charge in [0.25, 0.3) is 0 Å². The van der Waals surface area contributed by atoms with E-state index in [9.17, 15) is 43.2 Å². The standard InChI is InChI=1S/C63H122O17P2/c1-9-56(8)42-34-26-16-13-14-18-30-38-46-63(68)80-59(50-74-61(66)44-36-28-22-20-25-33-41-55(6)7)52-78-82(71,72)76-48-57(64)47-75-81(69,70)77-51-58(49-73-60(65)43-35-27-21-19-24-32-40-54(4)5)79-62(67)45-37-29-17-12-10-11-15-23-31-39-53(2)3/h53-59,64H,9-52H2,1-8H3,(H,69,70)(H,71,72)/t56?,57-,58+,59+/m0/s1. The van der Waals surface area contributed by atoms with Crippen molar-refractivity contribution in [2.24, 2.45) is 23.7 Å². The average Bonchev–Trinajstić information content (AvgIpc) is 3.42. The molecule has 0 aliphatic rings. The zero-order chi connectivity index (χ0) is 61.1. The second-order valence-corrected chi connectivity index (χ2v) is 27.4. The molecule has 0 saturated carbocycles. The molecule has 486 valence electrons. The van der Waals surface area contributed by atoms with Crippen LogP contribution in [0, 0.1) is 23.7 Å². The number of carbonyl (C=O) groups is 4. The van der Waals surface area contributed by atoms with Gasteiger partial charge in [-0.1, -0.05) is 248 Å². The number of phosphoric ester groups is 2. The minimum absolute atomic E-state index is 0.103. The summed E-state index contributed by atoms with van der Waals surface area (Å²) in [5, 5.41) is 10.5. The third-order valence-electron chi connectivity index (χ3n) is 14.7. The molecule has 3 unspecified atom stereocenters. The van der Waals surface area contributed by atoms with Crippen LogP contribution in [0.2, 0.25) is 0 Å². The summed E-state index contributed by atoms with van der Waals surface area (Å²) in [5.41, 5.74) is 0. The van der Waals surface area contributed by atoms with Crippen molar-refractivity contribution >= 4 is 39.5 Å². The van der Waals surface area contributed by atoms with Crippen molar-refractivity contribution in [2.75, 3.05) is 39.6 Å². The van der Waals surface area contributed by atoms with Gasteiger partial charge in [-0.2, -0.15) is 0 Å². The van der Waals surface area contributed by atoms with Gasteiger partial charge in [-0.25, -0.2) is 9.13 Å². The van der Waals surface area contributed by atoms with Gasteiger partial charge in [-0.15, -0.1) is 0 Å². The van der Waals surface area contributed by atoms with E-state index in [1.807, 2.05) is 0 Å². The fraction of sp³-hybridized carbons (Fsp3) is 0.937. The second-order valence-electron chi connectivity index (χ2n) is 24.5. The van der Waals surface area contributed by atoms with Gasteiger partial charge in [0.1, 0.15) is 19.3 Å². The molecule has 0 aliphatic carbocycles. The summed E-state index contributed by atoms with van der Waals surface area (Å²) in [4.78, 5) is 72.1. The lowest BCUT2D eigenvalue weighted by atomic mass is 9.99. The number of unbranched alkanes of at least 4 members (excludes halogenated alkanes) is 25. The molecule has 0 amide bonds. The predicted octanol–water partition coefficient (Wildman–Crippen LogP) is 17.0. The zero-order valence-electron chi connectivity index (χ0n) is 53.1. The van der Waals surface area contributed by atoms with E-state index >= 15 is 0 Å². The molecule has 0 aromatic heterocycles. The summed E-state index contributed by atoms with van der Waals surface area (Å²) in [6, 6.07) is 0. The van der Waals surface area contributed by atoms with Crippen LogP contribution in [0.1, 0.15) is 299 Å². The van der Waals surface area contributed by atoms with Crippen LogP contribution >= 0.6 is 15.6 Å². The molecule has 0 aromatic rings. The van der Waals surface area contributed by atoms with Gasteiger partial charge in [-0.05, 0) is 49.4 Å². The quantitative estimate of drug-likeness (QED) is 0.0222. The molecule has 0 rings (SSSR count). The van der Waals surface area contributed by atoms with Crippen LogP contribution in [0.25, 0.3) is 0 Å². The van der Waals surface area contributed by atoms with Gasteiger partial charge in [0.15, 0.2) is 12.2 Å². The number of phosphoric acid groups is 2. The Hall–Kier alpha value is -1.94. The SMILES string of the molecule is CCC(C)CCCCCCCCCCC(=O)O[C@H](COC(=O)CCCCCCCCC(C)C)COP(=O)(O)OC[C@@H](O)COP(=O)(O)OC[C@@H](COC(=O)CCCCCCCCC(C)C)OC(=O)CCCCCCCCCCCC(C)C. The first-order valence-electron chi connectivity index (χ1n) is 32.7. The molecule has 6 atom stereocenters. The molecular weight excluding hydrogens is 1090 g/mol. The van der Waals surface area contributed by atoms with E-state index in [1.165, 1.54) is 89.9 Å². The van der Waals surface area contributed by atoms with Gasteiger partial charge in [0.2, 0.25) is 0 Å². The number of ether oxygens (including phenoxy) is 4. The third kappa shape index (κ3) is 55.9. The van der Waals surface area contributed by atoms with Gasteiger partial charge in [0, 0.05) is 25.7 Å². The molecular formula is C63H122O17P2. The minimum atomic E-state index is -4.94. The molecule has 0 bridgehead atoms. The molecule has 0 heterocycles. The van der Waals surface area contributed by atoms with E-state index in [2.05, 4.69) is 55.4 Å². The maximum atomic E-state index is 13.0. The van der Waals surface area contributed by atoms with Crippen LogP contribution in [-0.4, -0.2) is 96.7 Å². The van der Waals surface area contributed by atoms with Crippen molar-refractivity contribution in [3.8, 4) is 0 Å².